The van der Waals surface area contributed by atoms with Crippen LogP contribution in [-0.4, -0.2) is 33.4 Å². The van der Waals surface area contributed by atoms with Gasteiger partial charge in [-0.25, -0.2) is 15.0 Å². The Morgan fingerprint density at radius 2 is 1.22 bits per heavy atom. The van der Waals surface area contributed by atoms with Crippen LogP contribution in [0.5, 0.6) is 5.75 Å². The van der Waals surface area contributed by atoms with Crippen LogP contribution in [0.25, 0.3) is 0 Å². The van der Waals surface area contributed by atoms with E-state index >= 15 is 0 Å². The Morgan fingerprint density at radius 3 is 1.70 bits per heavy atom. The van der Waals surface area contributed by atoms with Gasteiger partial charge >= 0.3 is 0 Å². The van der Waals surface area contributed by atoms with Gasteiger partial charge in [-0.05, 0) is 30.7 Å². The third-order valence-corrected chi connectivity index (χ3v) is 5.56. The van der Waals surface area contributed by atoms with Gasteiger partial charge in [-0.2, -0.15) is 0 Å². The first kappa shape index (κ1) is 27.4. The highest BCUT2D eigenvalue weighted by Gasteiger charge is 2.17. The maximum atomic E-state index is 12.9. The van der Waals surface area contributed by atoms with Gasteiger partial charge in [0.05, 0.1) is 6.61 Å². The molecule has 0 aliphatic rings. The Morgan fingerprint density at radius 1 is 0.730 bits per heavy atom. The van der Waals surface area contributed by atoms with Gasteiger partial charge in [-0.15, -0.1) is 0 Å². The minimum Gasteiger partial charge on any atom is -0.493 e. The fraction of sp³-hybridized carbons (Fsp3) is 0.370. The summed E-state index contributed by atoms with van der Waals surface area (Å²) in [6.07, 6.45) is 9.39. The van der Waals surface area contributed by atoms with Crippen molar-refractivity contribution in [1.82, 2.24) is 15.0 Å². The number of rotatable bonds is 14. The molecule has 3 aromatic heterocycles. The van der Waals surface area contributed by atoms with E-state index in [1.807, 2.05) is 0 Å². The second-order valence-corrected chi connectivity index (χ2v) is 8.70. The number of nitrogens with two attached hydrogens (primary N) is 2. The van der Waals surface area contributed by atoms with Gasteiger partial charge < -0.3 is 26.8 Å². The molecule has 196 valence electrons. The Bertz CT molecular complexity index is 1110. The molecular weight excluding hydrogens is 470 g/mol. The molecule has 3 heterocycles. The topological polar surface area (TPSA) is 158 Å². The largest absolute Gasteiger partial charge is 0.493 e. The van der Waals surface area contributed by atoms with Crippen LogP contribution in [-0.2, 0) is 0 Å². The Labute approximate surface area is 217 Å². The zero-order valence-electron chi connectivity index (χ0n) is 21.2. The van der Waals surface area contributed by atoms with Gasteiger partial charge in [-0.3, -0.25) is 9.59 Å². The third-order valence-electron chi connectivity index (χ3n) is 5.56. The summed E-state index contributed by atoms with van der Waals surface area (Å²) in [6, 6.07) is 12.8. The minimum absolute atomic E-state index is 0.00309. The third kappa shape index (κ3) is 9.40. The predicted molar refractivity (Wildman–Crippen MR) is 146 cm³/mol. The van der Waals surface area contributed by atoms with Crippen molar-refractivity contribution in [3.63, 3.8) is 0 Å². The summed E-state index contributed by atoms with van der Waals surface area (Å²) in [7, 11) is 0. The van der Waals surface area contributed by atoms with Gasteiger partial charge in [0.2, 0.25) is 0 Å². The van der Waals surface area contributed by atoms with E-state index in [0.29, 0.717) is 12.4 Å². The van der Waals surface area contributed by atoms with Crippen LogP contribution in [0, 0.1) is 0 Å². The second kappa shape index (κ2) is 14.4. The number of carbonyl (C=O) groups excluding carboxylic acids is 2. The normalized spacial score (nSPS) is 10.6. The van der Waals surface area contributed by atoms with Crippen LogP contribution in [0.1, 0.15) is 79.3 Å². The highest BCUT2D eigenvalue weighted by atomic mass is 16.5. The summed E-state index contributed by atoms with van der Waals surface area (Å²) in [4.78, 5) is 38.2. The summed E-state index contributed by atoms with van der Waals surface area (Å²) in [6.45, 7) is 2.68. The zero-order valence-corrected chi connectivity index (χ0v) is 21.2. The van der Waals surface area contributed by atoms with E-state index in [-0.39, 0.29) is 34.7 Å². The molecule has 0 unspecified atom stereocenters. The summed E-state index contributed by atoms with van der Waals surface area (Å²) in [5, 5.41) is 5.29. The summed E-state index contributed by atoms with van der Waals surface area (Å²) >= 11 is 0. The fourth-order valence-corrected chi connectivity index (χ4v) is 3.65. The van der Waals surface area contributed by atoms with Gasteiger partial charge in [0.1, 0.15) is 40.4 Å². The van der Waals surface area contributed by atoms with E-state index in [1.54, 1.807) is 36.4 Å². The lowest BCUT2D eigenvalue weighted by atomic mass is 10.1. The Kier molecular flexibility index (Phi) is 10.6. The number of hydrogen-bond acceptors (Lipinski definition) is 8. The number of nitrogen functional groups attached to an aromatic ring is 2. The number of amides is 2. The second-order valence-electron chi connectivity index (χ2n) is 8.70. The molecule has 10 heteroatoms. The molecule has 0 fully saturated rings. The van der Waals surface area contributed by atoms with E-state index in [4.69, 9.17) is 16.2 Å². The maximum Gasteiger partial charge on any atom is 0.275 e. The molecule has 0 bridgehead atoms. The lowest BCUT2D eigenvalue weighted by molar-refractivity contribution is 0.101. The van der Waals surface area contributed by atoms with Crippen molar-refractivity contribution in [1.29, 1.82) is 0 Å². The van der Waals surface area contributed by atoms with Crippen LogP contribution in [0.4, 0.5) is 23.3 Å². The quantitative estimate of drug-likeness (QED) is 0.221. The smallest absolute Gasteiger partial charge is 0.275 e. The molecule has 0 aliphatic heterocycles. The van der Waals surface area contributed by atoms with Crippen molar-refractivity contribution in [2.75, 3.05) is 28.7 Å². The summed E-state index contributed by atoms with van der Waals surface area (Å²) < 4.78 is 5.90. The van der Waals surface area contributed by atoms with E-state index in [2.05, 4.69) is 32.5 Å². The number of unbranched alkanes of at least 4 members (excludes halogenated alkanes) is 7. The maximum absolute atomic E-state index is 12.9. The molecule has 6 N–H and O–H groups in total. The average Bonchev–Trinajstić information content (AvgIpc) is 2.87. The molecule has 0 saturated heterocycles. The van der Waals surface area contributed by atoms with Gasteiger partial charge in [0, 0.05) is 12.1 Å². The molecule has 37 heavy (non-hydrogen) atoms. The van der Waals surface area contributed by atoms with E-state index < -0.39 is 11.8 Å². The molecule has 0 atom stereocenters. The molecule has 0 aliphatic carbocycles. The standard InChI is InChI=1S/C27H35N7O3/c1-2-3-4-5-6-7-8-9-16-37-19-17-20(26(35)33-24-14-10-12-22(28)31-24)30-21(18-19)27(36)34-25-15-11-13-23(29)32-25/h10-15,17-18H,2-9,16H2,1H3,(H3,28,31,33,35)(H3,29,32,34,36). The van der Waals surface area contributed by atoms with Crippen molar-refractivity contribution in [2.24, 2.45) is 0 Å². The van der Waals surface area contributed by atoms with Crippen LogP contribution < -0.4 is 26.8 Å². The number of hydrogen-bond donors (Lipinski definition) is 4. The number of ether oxygens (including phenoxy) is 1. The molecule has 0 radical (unpaired) electrons. The first-order valence-corrected chi connectivity index (χ1v) is 12.7. The number of pyridine rings is 3. The number of anilines is 4. The van der Waals surface area contributed by atoms with Crippen LogP contribution >= 0.6 is 0 Å². The molecule has 3 aromatic rings. The predicted octanol–water partition coefficient (Wildman–Crippen LogP) is 5.06. The van der Waals surface area contributed by atoms with Crippen molar-refractivity contribution >= 4 is 35.1 Å². The lowest BCUT2D eigenvalue weighted by Gasteiger charge is -2.11. The number of carbonyl (C=O) groups is 2. The number of nitrogens with one attached hydrogen (secondary N) is 2. The Balaban J connectivity index is 1.68. The van der Waals surface area contributed by atoms with Crippen LogP contribution in [0.15, 0.2) is 48.5 Å². The van der Waals surface area contributed by atoms with E-state index in [0.717, 1.165) is 19.3 Å². The SMILES string of the molecule is CCCCCCCCCCOc1cc(C(=O)Nc2cccc(N)n2)nc(C(=O)Nc2cccc(N)n2)c1. The molecule has 0 saturated carbocycles. The summed E-state index contributed by atoms with van der Waals surface area (Å²) in [5.41, 5.74) is 11.4. The van der Waals surface area contributed by atoms with Gasteiger partial charge in [-0.1, -0.05) is 64.0 Å². The van der Waals surface area contributed by atoms with E-state index in [1.165, 1.54) is 44.2 Å². The average molecular weight is 506 g/mol. The highest BCUT2D eigenvalue weighted by molar-refractivity contribution is 6.06. The zero-order chi connectivity index (χ0) is 26.5. The molecule has 0 aromatic carbocycles. The number of aromatic nitrogens is 3. The molecule has 3 rings (SSSR count). The first-order chi connectivity index (χ1) is 17.9. The van der Waals surface area contributed by atoms with E-state index in [9.17, 15) is 9.59 Å². The molecule has 10 nitrogen and oxygen atoms in total. The lowest BCUT2D eigenvalue weighted by Crippen LogP contribution is -2.20. The number of nitrogens with zero attached hydrogens (tertiary/aromatic N) is 3. The summed E-state index contributed by atoms with van der Waals surface area (Å²) in [5.74, 6) is 0.345. The van der Waals surface area contributed by atoms with Crippen molar-refractivity contribution < 1.29 is 14.3 Å². The fourth-order valence-electron chi connectivity index (χ4n) is 3.65. The Hall–Kier alpha value is -4.21. The van der Waals surface area contributed by atoms with Crippen molar-refractivity contribution in [2.45, 2.75) is 58.3 Å². The van der Waals surface area contributed by atoms with Gasteiger partial charge in [0.25, 0.3) is 11.8 Å². The molecule has 2 amide bonds. The van der Waals surface area contributed by atoms with Gasteiger partial charge in [0.15, 0.2) is 0 Å². The van der Waals surface area contributed by atoms with Crippen molar-refractivity contribution in [3.8, 4) is 5.75 Å². The van der Waals surface area contributed by atoms with Crippen LogP contribution in [0.3, 0.4) is 0 Å². The van der Waals surface area contributed by atoms with Crippen LogP contribution in [0.2, 0.25) is 0 Å². The minimum atomic E-state index is -0.549. The monoisotopic (exact) mass is 505 g/mol. The molecule has 0 spiro atoms. The van der Waals surface area contributed by atoms with Crippen molar-refractivity contribution in [3.05, 3.63) is 59.9 Å². The first-order valence-electron chi connectivity index (χ1n) is 12.7. The molecular formula is C27H35N7O3. The highest BCUT2D eigenvalue weighted by Crippen LogP contribution is 2.19.